The number of ether oxygens (including phenoxy) is 1. The Morgan fingerprint density at radius 1 is 1.38 bits per heavy atom. The summed E-state index contributed by atoms with van der Waals surface area (Å²) in [6.45, 7) is 7.49. The highest BCUT2D eigenvalue weighted by atomic mass is 32.2. The third-order valence-electron chi connectivity index (χ3n) is 3.75. The second-order valence-corrected chi connectivity index (χ2v) is 7.43. The van der Waals surface area contributed by atoms with Gasteiger partial charge in [-0.3, -0.25) is 0 Å². The Kier molecular flexibility index (Phi) is 6.40. The van der Waals surface area contributed by atoms with Crippen LogP contribution in [-0.4, -0.2) is 45.6 Å². The first-order valence-electron chi connectivity index (χ1n) is 7.03. The summed E-state index contributed by atoms with van der Waals surface area (Å²) in [4.78, 5) is 0. The van der Waals surface area contributed by atoms with E-state index in [1.54, 1.807) is 20.2 Å². The molecule has 0 atom stereocenters. The van der Waals surface area contributed by atoms with Gasteiger partial charge in [-0.2, -0.15) is 4.31 Å². The van der Waals surface area contributed by atoms with Crippen LogP contribution in [0.3, 0.4) is 0 Å². The molecule has 0 aromatic carbocycles. The van der Waals surface area contributed by atoms with Gasteiger partial charge in [0.2, 0.25) is 5.09 Å². The van der Waals surface area contributed by atoms with Crippen LogP contribution < -0.4 is 5.32 Å². The topological polar surface area (TPSA) is 71.8 Å². The monoisotopic (exact) mass is 318 g/mol. The third-order valence-corrected chi connectivity index (χ3v) is 5.69. The fourth-order valence-electron chi connectivity index (χ4n) is 1.66. The molecule has 0 radical (unpaired) electrons. The smallest absolute Gasteiger partial charge is 0.276 e. The molecule has 0 unspecified atom stereocenters. The van der Waals surface area contributed by atoms with Gasteiger partial charge in [0.25, 0.3) is 10.0 Å². The van der Waals surface area contributed by atoms with Gasteiger partial charge in [0.05, 0.1) is 13.2 Å². The molecule has 122 valence electrons. The number of furan rings is 1. The summed E-state index contributed by atoms with van der Waals surface area (Å²) < 4.78 is 36.8. The van der Waals surface area contributed by atoms with Crippen molar-refractivity contribution in [1.82, 2.24) is 9.62 Å². The number of rotatable bonds is 9. The Bertz CT molecular complexity index is 537. The molecule has 0 saturated carbocycles. The largest absolute Gasteiger partial charge is 0.447 e. The lowest BCUT2D eigenvalue weighted by atomic mass is 10.0. The van der Waals surface area contributed by atoms with Crippen LogP contribution in [0, 0.1) is 0 Å². The average molecular weight is 318 g/mol. The van der Waals surface area contributed by atoms with Gasteiger partial charge in [-0.05, 0) is 32.4 Å². The first kappa shape index (κ1) is 18.2. The van der Waals surface area contributed by atoms with Crippen molar-refractivity contribution in [3.05, 3.63) is 17.9 Å². The van der Waals surface area contributed by atoms with Crippen LogP contribution >= 0.6 is 0 Å². The van der Waals surface area contributed by atoms with Crippen molar-refractivity contribution >= 4 is 10.0 Å². The molecule has 1 aromatic rings. The number of hydrogen-bond donors (Lipinski definition) is 1. The van der Waals surface area contributed by atoms with Gasteiger partial charge in [0.15, 0.2) is 0 Å². The number of sulfonamides is 1. The van der Waals surface area contributed by atoms with Crippen molar-refractivity contribution in [1.29, 1.82) is 0 Å². The molecule has 1 N–H and O–H groups in total. The molecular weight excluding hydrogens is 292 g/mol. The first-order valence-corrected chi connectivity index (χ1v) is 8.47. The molecule has 0 spiro atoms. The van der Waals surface area contributed by atoms with E-state index >= 15 is 0 Å². The highest BCUT2D eigenvalue weighted by Gasteiger charge is 2.34. The zero-order chi connectivity index (χ0) is 16.1. The van der Waals surface area contributed by atoms with E-state index in [9.17, 15) is 8.42 Å². The second kappa shape index (κ2) is 7.40. The predicted octanol–water partition coefficient (Wildman–Crippen LogP) is 1.82. The van der Waals surface area contributed by atoms with E-state index in [1.165, 1.54) is 10.4 Å². The van der Waals surface area contributed by atoms with Gasteiger partial charge >= 0.3 is 0 Å². The Labute approximate surface area is 127 Å². The molecule has 1 heterocycles. The maximum atomic E-state index is 12.5. The summed E-state index contributed by atoms with van der Waals surface area (Å²) in [6.07, 6.45) is 0.717. The number of nitrogens with one attached hydrogen (secondary N) is 1. The van der Waals surface area contributed by atoms with Gasteiger partial charge < -0.3 is 14.5 Å². The molecule has 1 aromatic heterocycles. The summed E-state index contributed by atoms with van der Waals surface area (Å²) in [7, 11) is -0.398. The molecular formula is C14H26N2O4S. The minimum Gasteiger partial charge on any atom is -0.447 e. The molecule has 0 aliphatic rings. The highest BCUT2D eigenvalue weighted by molar-refractivity contribution is 7.89. The molecule has 7 heteroatoms. The number of hydrogen-bond acceptors (Lipinski definition) is 5. The Morgan fingerprint density at radius 2 is 2.05 bits per heavy atom. The normalized spacial score (nSPS) is 13.0. The van der Waals surface area contributed by atoms with Crippen molar-refractivity contribution in [2.24, 2.45) is 0 Å². The van der Waals surface area contributed by atoms with Crippen LogP contribution in [0.15, 0.2) is 21.6 Å². The molecule has 1 rings (SSSR count). The molecule has 21 heavy (non-hydrogen) atoms. The fourth-order valence-corrected chi connectivity index (χ4v) is 3.16. The minimum absolute atomic E-state index is 0.0185. The van der Waals surface area contributed by atoms with E-state index in [0.717, 1.165) is 6.42 Å². The third kappa shape index (κ3) is 4.54. The SMILES string of the molecule is CCC(C)(C)N(C)S(=O)(=O)c1ccc(CNCCOC)o1. The quantitative estimate of drug-likeness (QED) is 0.703. The molecule has 0 aliphatic heterocycles. The molecule has 6 nitrogen and oxygen atoms in total. The predicted molar refractivity (Wildman–Crippen MR) is 81.6 cm³/mol. The number of methoxy groups -OCH3 is 1. The second-order valence-electron chi connectivity index (χ2n) is 5.53. The fraction of sp³-hybridized carbons (Fsp3) is 0.714. The van der Waals surface area contributed by atoms with Crippen LogP contribution in [0.2, 0.25) is 0 Å². The van der Waals surface area contributed by atoms with E-state index in [4.69, 9.17) is 9.15 Å². The molecule has 0 saturated heterocycles. The van der Waals surface area contributed by atoms with Crippen molar-refractivity contribution in [2.45, 2.75) is 44.4 Å². The lowest BCUT2D eigenvalue weighted by Gasteiger charge is -2.32. The maximum absolute atomic E-state index is 12.5. The average Bonchev–Trinajstić information content (AvgIpc) is 2.92. The highest BCUT2D eigenvalue weighted by Crippen LogP contribution is 2.26. The van der Waals surface area contributed by atoms with E-state index in [-0.39, 0.29) is 5.09 Å². The number of nitrogens with zero attached hydrogens (tertiary/aromatic N) is 1. The molecule has 0 bridgehead atoms. The van der Waals surface area contributed by atoms with Crippen molar-refractivity contribution in [3.8, 4) is 0 Å². The maximum Gasteiger partial charge on any atom is 0.276 e. The molecule has 0 amide bonds. The van der Waals surface area contributed by atoms with E-state index in [2.05, 4.69) is 5.32 Å². The van der Waals surface area contributed by atoms with Gasteiger partial charge in [0, 0.05) is 26.2 Å². The zero-order valence-electron chi connectivity index (χ0n) is 13.5. The summed E-state index contributed by atoms with van der Waals surface area (Å²) in [6, 6.07) is 3.18. The van der Waals surface area contributed by atoms with Crippen molar-refractivity contribution < 1.29 is 17.6 Å². The molecule has 0 fully saturated rings. The molecule has 0 aliphatic carbocycles. The van der Waals surface area contributed by atoms with E-state index in [1.807, 2.05) is 20.8 Å². The van der Waals surface area contributed by atoms with E-state index in [0.29, 0.717) is 25.5 Å². The van der Waals surface area contributed by atoms with Crippen molar-refractivity contribution in [3.63, 3.8) is 0 Å². The van der Waals surface area contributed by atoms with Crippen LogP contribution in [-0.2, 0) is 21.3 Å². The zero-order valence-corrected chi connectivity index (χ0v) is 14.3. The van der Waals surface area contributed by atoms with Crippen LogP contribution in [0.1, 0.15) is 33.0 Å². The van der Waals surface area contributed by atoms with Crippen LogP contribution in [0.4, 0.5) is 0 Å². The summed E-state index contributed by atoms with van der Waals surface area (Å²) in [5, 5.41) is 3.09. The lowest BCUT2D eigenvalue weighted by Crippen LogP contribution is -2.44. The minimum atomic E-state index is -3.61. The summed E-state index contributed by atoms with van der Waals surface area (Å²) in [5.41, 5.74) is -0.456. The van der Waals surface area contributed by atoms with Crippen LogP contribution in [0.5, 0.6) is 0 Å². The summed E-state index contributed by atoms with van der Waals surface area (Å²) in [5.74, 6) is 0.590. The Hall–Kier alpha value is -0.890. The van der Waals surface area contributed by atoms with Gasteiger partial charge in [0.1, 0.15) is 5.76 Å². The summed E-state index contributed by atoms with van der Waals surface area (Å²) >= 11 is 0. The lowest BCUT2D eigenvalue weighted by molar-refractivity contribution is 0.198. The van der Waals surface area contributed by atoms with Gasteiger partial charge in [-0.1, -0.05) is 6.92 Å². The van der Waals surface area contributed by atoms with E-state index < -0.39 is 15.6 Å². The van der Waals surface area contributed by atoms with Crippen molar-refractivity contribution in [2.75, 3.05) is 27.3 Å². The first-order chi connectivity index (χ1) is 9.75. The van der Waals surface area contributed by atoms with Crippen LogP contribution in [0.25, 0.3) is 0 Å². The standard InChI is InChI=1S/C14H26N2O4S/c1-6-14(2,3)16(4)21(17,18)13-8-7-12(20-13)11-15-9-10-19-5/h7-8,15H,6,9-11H2,1-5H3. The van der Waals surface area contributed by atoms with Gasteiger partial charge in [-0.25, -0.2) is 8.42 Å². The Balaban J connectivity index is 2.79. The van der Waals surface area contributed by atoms with Gasteiger partial charge in [-0.15, -0.1) is 0 Å². The Morgan fingerprint density at radius 3 is 2.62 bits per heavy atom.